The van der Waals surface area contributed by atoms with Gasteiger partial charge in [0.05, 0.1) is 5.69 Å². The van der Waals surface area contributed by atoms with E-state index in [1.54, 1.807) is 0 Å². The fourth-order valence-electron chi connectivity index (χ4n) is 1.48. The Morgan fingerprint density at radius 3 is 2.43 bits per heavy atom. The minimum atomic E-state index is -1.82. The highest BCUT2D eigenvalue weighted by molar-refractivity contribution is 7.13. The Bertz CT molecular complexity index is 672. The van der Waals surface area contributed by atoms with Gasteiger partial charge in [0.2, 0.25) is 6.79 Å². The quantitative estimate of drug-likeness (QED) is 0.671. The molecular weight excluding hydrogens is 300 g/mol. The van der Waals surface area contributed by atoms with Gasteiger partial charge in [0, 0.05) is 10.9 Å². The van der Waals surface area contributed by atoms with E-state index in [2.05, 4.69) is 4.98 Å². The standard InChI is InChI=1S/C10H8N2O2S.C2H2O4/c11-10-12-7(4-15-10)6-1-2-8-9(3-6)14-5-13-8;3-1(4)2(5)6/h1-4H,5H2,(H2,11,12);(H,3,4)(H,5,6). The van der Waals surface area contributed by atoms with Gasteiger partial charge in [-0.15, -0.1) is 11.3 Å². The Kier molecular flexibility index (Phi) is 4.24. The van der Waals surface area contributed by atoms with Crippen molar-refractivity contribution < 1.29 is 29.3 Å². The molecule has 0 fully saturated rings. The van der Waals surface area contributed by atoms with Crippen molar-refractivity contribution in [1.82, 2.24) is 4.98 Å². The van der Waals surface area contributed by atoms with Crippen LogP contribution in [0.1, 0.15) is 0 Å². The average molecular weight is 310 g/mol. The van der Waals surface area contributed by atoms with Gasteiger partial charge < -0.3 is 25.4 Å². The van der Waals surface area contributed by atoms with Crippen LogP contribution in [0.3, 0.4) is 0 Å². The van der Waals surface area contributed by atoms with Crippen molar-refractivity contribution in [3.05, 3.63) is 23.6 Å². The molecule has 8 nitrogen and oxygen atoms in total. The first kappa shape index (κ1) is 14.6. The van der Waals surface area contributed by atoms with Crippen molar-refractivity contribution in [3.63, 3.8) is 0 Å². The molecule has 1 aromatic carbocycles. The van der Waals surface area contributed by atoms with Gasteiger partial charge in [-0.25, -0.2) is 14.6 Å². The molecule has 9 heteroatoms. The Labute approximate surface area is 122 Å². The fourth-order valence-corrected chi connectivity index (χ4v) is 2.05. The van der Waals surface area contributed by atoms with Gasteiger partial charge in [-0.3, -0.25) is 0 Å². The first-order chi connectivity index (χ1) is 9.97. The molecule has 0 bridgehead atoms. The molecule has 0 atom stereocenters. The number of hydrogen-bond acceptors (Lipinski definition) is 7. The Hall–Kier alpha value is -2.81. The van der Waals surface area contributed by atoms with Gasteiger partial charge in [0.15, 0.2) is 16.6 Å². The third kappa shape index (κ3) is 3.60. The molecule has 0 aliphatic carbocycles. The lowest BCUT2D eigenvalue weighted by atomic mass is 10.1. The number of aliphatic carboxylic acids is 2. The van der Waals surface area contributed by atoms with Crippen molar-refractivity contribution in [1.29, 1.82) is 0 Å². The lowest BCUT2D eigenvalue weighted by molar-refractivity contribution is -0.159. The lowest BCUT2D eigenvalue weighted by Gasteiger charge is -1.98. The molecule has 1 aliphatic heterocycles. The fraction of sp³-hybridized carbons (Fsp3) is 0.0833. The van der Waals surface area contributed by atoms with Crippen LogP contribution in [0.4, 0.5) is 5.13 Å². The molecule has 0 unspecified atom stereocenters. The third-order valence-corrected chi connectivity index (χ3v) is 3.05. The number of carboxylic acid groups (broad SMARTS) is 2. The number of fused-ring (bicyclic) bond motifs is 1. The molecule has 1 aromatic heterocycles. The van der Waals surface area contributed by atoms with Crippen LogP contribution in [0.2, 0.25) is 0 Å². The average Bonchev–Trinajstić information content (AvgIpc) is 3.06. The molecule has 0 saturated carbocycles. The molecule has 4 N–H and O–H groups in total. The van der Waals surface area contributed by atoms with Gasteiger partial charge in [-0.05, 0) is 18.2 Å². The highest BCUT2D eigenvalue weighted by atomic mass is 32.1. The normalized spacial score (nSPS) is 11.4. The number of nitrogen functional groups attached to an aromatic ring is 1. The number of anilines is 1. The van der Waals surface area contributed by atoms with Crippen LogP contribution < -0.4 is 15.2 Å². The van der Waals surface area contributed by atoms with Crippen molar-refractivity contribution >= 4 is 28.4 Å². The number of carbonyl (C=O) groups is 2. The second-order valence-electron chi connectivity index (χ2n) is 3.75. The summed E-state index contributed by atoms with van der Waals surface area (Å²) >= 11 is 1.43. The number of hydrogen-bond donors (Lipinski definition) is 3. The van der Waals surface area contributed by atoms with Gasteiger partial charge in [0.1, 0.15) is 0 Å². The predicted octanol–water partition coefficient (Wildman–Crippen LogP) is 1.28. The van der Waals surface area contributed by atoms with Crippen LogP contribution in [0.15, 0.2) is 23.6 Å². The Morgan fingerprint density at radius 2 is 1.86 bits per heavy atom. The molecular formula is C12H10N2O6S. The maximum atomic E-state index is 9.10. The molecule has 3 rings (SSSR count). The van der Waals surface area contributed by atoms with Crippen molar-refractivity contribution in [3.8, 4) is 22.8 Å². The number of aromatic nitrogens is 1. The van der Waals surface area contributed by atoms with Crippen LogP contribution >= 0.6 is 11.3 Å². The summed E-state index contributed by atoms with van der Waals surface area (Å²) in [5.74, 6) is -2.11. The molecule has 2 heterocycles. The number of rotatable bonds is 1. The van der Waals surface area contributed by atoms with Crippen LogP contribution in [0, 0.1) is 0 Å². The van der Waals surface area contributed by atoms with E-state index in [0.717, 1.165) is 22.8 Å². The van der Waals surface area contributed by atoms with Crippen LogP contribution in [0.5, 0.6) is 11.5 Å². The second-order valence-corrected chi connectivity index (χ2v) is 4.64. The summed E-state index contributed by atoms with van der Waals surface area (Å²) in [5, 5.41) is 17.3. The molecule has 1 aliphatic rings. The number of carboxylic acids is 2. The summed E-state index contributed by atoms with van der Waals surface area (Å²) in [4.78, 5) is 22.4. The summed E-state index contributed by atoms with van der Waals surface area (Å²) < 4.78 is 10.5. The first-order valence-corrected chi connectivity index (χ1v) is 6.42. The SMILES string of the molecule is Nc1nc(-c2ccc3c(c2)OCO3)cs1.O=C(O)C(=O)O. The maximum Gasteiger partial charge on any atom is 0.414 e. The van der Waals surface area contributed by atoms with Gasteiger partial charge in [0.25, 0.3) is 0 Å². The smallest absolute Gasteiger partial charge is 0.414 e. The molecule has 0 saturated heterocycles. The van der Waals surface area contributed by atoms with E-state index in [0.29, 0.717) is 5.13 Å². The predicted molar refractivity (Wildman–Crippen MR) is 73.4 cm³/mol. The van der Waals surface area contributed by atoms with Crippen LogP contribution in [-0.4, -0.2) is 33.9 Å². The zero-order chi connectivity index (χ0) is 15.4. The highest BCUT2D eigenvalue weighted by Crippen LogP contribution is 2.36. The summed E-state index contributed by atoms with van der Waals surface area (Å²) in [6.45, 7) is 0.290. The molecule has 2 aromatic rings. The van der Waals surface area contributed by atoms with E-state index < -0.39 is 11.9 Å². The van der Waals surface area contributed by atoms with E-state index in [1.165, 1.54) is 11.3 Å². The molecule has 110 valence electrons. The number of ether oxygens (including phenoxy) is 2. The lowest BCUT2D eigenvalue weighted by Crippen LogP contribution is -2.09. The van der Waals surface area contributed by atoms with E-state index in [9.17, 15) is 0 Å². The van der Waals surface area contributed by atoms with Gasteiger partial charge in [-0.2, -0.15) is 0 Å². The molecule has 0 radical (unpaired) electrons. The van der Waals surface area contributed by atoms with Crippen molar-refractivity contribution in [2.75, 3.05) is 12.5 Å². The van der Waals surface area contributed by atoms with E-state index >= 15 is 0 Å². The summed E-state index contributed by atoms with van der Waals surface area (Å²) in [6.07, 6.45) is 0. The maximum absolute atomic E-state index is 9.10. The van der Waals surface area contributed by atoms with Crippen molar-refractivity contribution in [2.45, 2.75) is 0 Å². The van der Waals surface area contributed by atoms with E-state index in [1.807, 2.05) is 23.6 Å². The van der Waals surface area contributed by atoms with E-state index in [-0.39, 0.29) is 6.79 Å². The third-order valence-electron chi connectivity index (χ3n) is 2.37. The van der Waals surface area contributed by atoms with E-state index in [4.69, 9.17) is 35.0 Å². The number of nitrogens with two attached hydrogens (primary N) is 1. The zero-order valence-electron chi connectivity index (χ0n) is 10.5. The minimum absolute atomic E-state index is 0.290. The topological polar surface area (TPSA) is 132 Å². The molecule has 0 spiro atoms. The highest BCUT2D eigenvalue weighted by Gasteiger charge is 2.14. The Morgan fingerprint density at radius 1 is 1.19 bits per heavy atom. The summed E-state index contributed by atoms with van der Waals surface area (Å²) in [6, 6.07) is 5.74. The van der Waals surface area contributed by atoms with Gasteiger partial charge in [-0.1, -0.05) is 0 Å². The largest absolute Gasteiger partial charge is 0.473 e. The molecule has 21 heavy (non-hydrogen) atoms. The van der Waals surface area contributed by atoms with Crippen LogP contribution in [0.25, 0.3) is 11.3 Å². The first-order valence-electron chi connectivity index (χ1n) is 5.54. The second kappa shape index (κ2) is 6.09. The Balaban J connectivity index is 0.000000232. The summed E-state index contributed by atoms with van der Waals surface area (Å²) in [5.41, 5.74) is 7.44. The van der Waals surface area contributed by atoms with Crippen molar-refractivity contribution in [2.24, 2.45) is 0 Å². The number of thiazole rings is 1. The monoisotopic (exact) mass is 310 g/mol. The van der Waals surface area contributed by atoms with Gasteiger partial charge >= 0.3 is 11.9 Å². The zero-order valence-corrected chi connectivity index (χ0v) is 11.3. The molecule has 0 amide bonds. The summed E-state index contributed by atoms with van der Waals surface area (Å²) in [7, 11) is 0. The number of benzene rings is 1. The number of nitrogens with zero attached hydrogens (tertiary/aromatic N) is 1. The minimum Gasteiger partial charge on any atom is -0.473 e. The van der Waals surface area contributed by atoms with Crippen LogP contribution in [-0.2, 0) is 9.59 Å².